The summed E-state index contributed by atoms with van der Waals surface area (Å²) < 4.78 is 25.9. The Kier molecular flexibility index (Phi) is 6.00. The maximum Gasteiger partial charge on any atom is 0.232 e. The van der Waals surface area contributed by atoms with E-state index in [9.17, 15) is 8.42 Å². The highest BCUT2D eigenvalue weighted by molar-refractivity contribution is 7.92. The first kappa shape index (κ1) is 14.8. The molecule has 18 heavy (non-hydrogen) atoms. The Hall–Kier alpha value is -1.21. The van der Waals surface area contributed by atoms with E-state index in [2.05, 4.69) is 33.9 Å². The zero-order valence-electron chi connectivity index (χ0n) is 10.8. The van der Waals surface area contributed by atoms with Crippen molar-refractivity contribution in [1.82, 2.24) is 15.3 Å². The lowest BCUT2D eigenvalue weighted by Gasteiger charge is -2.09. The SMILES string of the molecule is CC(C)NCCCCS(=O)(=O)Nc1cncnc1. The van der Waals surface area contributed by atoms with Crippen molar-refractivity contribution in [3.63, 3.8) is 0 Å². The van der Waals surface area contributed by atoms with Crippen molar-refractivity contribution in [2.24, 2.45) is 0 Å². The van der Waals surface area contributed by atoms with Gasteiger partial charge in [0.25, 0.3) is 0 Å². The van der Waals surface area contributed by atoms with Gasteiger partial charge in [-0.3, -0.25) is 4.72 Å². The third kappa shape index (κ3) is 6.51. The van der Waals surface area contributed by atoms with Crippen molar-refractivity contribution in [2.45, 2.75) is 32.7 Å². The van der Waals surface area contributed by atoms with Crippen molar-refractivity contribution >= 4 is 15.7 Å². The van der Waals surface area contributed by atoms with Gasteiger partial charge in [-0.05, 0) is 19.4 Å². The van der Waals surface area contributed by atoms with E-state index in [0.29, 0.717) is 18.2 Å². The first-order valence-corrected chi connectivity index (χ1v) is 7.64. The summed E-state index contributed by atoms with van der Waals surface area (Å²) in [5, 5.41) is 3.25. The van der Waals surface area contributed by atoms with Crippen molar-refractivity contribution in [3.05, 3.63) is 18.7 Å². The van der Waals surface area contributed by atoms with Crippen molar-refractivity contribution in [2.75, 3.05) is 17.0 Å². The van der Waals surface area contributed by atoms with Gasteiger partial charge in [-0.2, -0.15) is 0 Å². The highest BCUT2D eigenvalue weighted by Crippen LogP contribution is 2.05. The Labute approximate surface area is 108 Å². The first-order chi connectivity index (χ1) is 8.49. The third-order valence-corrected chi connectivity index (χ3v) is 3.60. The van der Waals surface area contributed by atoms with Gasteiger partial charge < -0.3 is 5.32 Å². The van der Waals surface area contributed by atoms with E-state index in [1.165, 1.54) is 18.7 Å². The van der Waals surface area contributed by atoms with Gasteiger partial charge in [0.05, 0.1) is 23.8 Å². The Morgan fingerprint density at radius 3 is 2.50 bits per heavy atom. The van der Waals surface area contributed by atoms with Crippen LogP contribution in [-0.4, -0.2) is 36.7 Å². The minimum Gasteiger partial charge on any atom is -0.315 e. The summed E-state index contributed by atoms with van der Waals surface area (Å²) in [6, 6.07) is 0.432. The average Bonchev–Trinajstić information content (AvgIpc) is 2.28. The largest absolute Gasteiger partial charge is 0.315 e. The molecule has 0 aromatic carbocycles. The second-order valence-electron chi connectivity index (χ2n) is 4.36. The fourth-order valence-electron chi connectivity index (χ4n) is 1.39. The van der Waals surface area contributed by atoms with Gasteiger partial charge in [0.15, 0.2) is 0 Å². The van der Waals surface area contributed by atoms with Gasteiger partial charge in [-0.1, -0.05) is 13.8 Å². The summed E-state index contributed by atoms with van der Waals surface area (Å²) in [5.41, 5.74) is 0.401. The third-order valence-electron chi connectivity index (χ3n) is 2.23. The van der Waals surface area contributed by atoms with Crippen LogP contribution in [0.1, 0.15) is 26.7 Å². The highest BCUT2D eigenvalue weighted by Gasteiger charge is 2.09. The monoisotopic (exact) mass is 272 g/mol. The molecule has 0 amide bonds. The predicted molar refractivity (Wildman–Crippen MR) is 71.8 cm³/mol. The van der Waals surface area contributed by atoms with E-state index in [4.69, 9.17) is 0 Å². The molecule has 0 aliphatic rings. The molecule has 0 radical (unpaired) electrons. The van der Waals surface area contributed by atoms with E-state index in [0.717, 1.165) is 13.0 Å². The van der Waals surface area contributed by atoms with Crippen LogP contribution in [0.5, 0.6) is 0 Å². The molecule has 0 atom stereocenters. The van der Waals surface area contributed by atoms with Gasteiger partial charge in [0.1, 0.15) is 6.33 Å². The van der Waals surface area contributed by atoms with E-state index in [1.54, 1.807) is 0 Å². The molecule has 0 saturated carbocycles. The lowest BCUT2D eigenvalue weighted by Crippen LogP contribution is -2.24. The molecule has 6 nitrogen and oxygen atoms in total. The van der Waals surface area contributed by atoms with Crippen LogP contribution < -0.4 is 10.0 Å². The second-order valence-corrected chi connectivity index (χ2v) is 6.21. The highest BCUT2D eigenvalue weighted by atomic mass is 32.2. The molecule has 0 unspecified atom stereocenters. The van der Waals surface area contributed by atoms with Gasteiger partial charge in [0, 0.05) is 6.04 Å². The summed E-state index contributed by atoms with van der Waals surface area (Å²) in [4.78, 5) is 7.50. The molecule has 0 bridgehead atoms. The number of hydrogen-bond acceptors (Lipinski definition) is 5. The topological polar surface area (TPSA) is 84.0 Å². The molecule has 1 aromatic heterocycles. The molecule has 0 spiro atoms. The van der Waals surface area contributed by atoms with Crippen molar-refractivity contribution in [1.29, 1.82) is 0 Å². The summed E-state index contributed by atoms with van der Waals surface area (Å²) in [7, 11) is -3.29. The molecule has 7 heteroatoms. The number of sulfonamides is 1. The predicted octanol–water partition coefficient (Wildman–Crippen LogP) is 0.996. The fraction of sp³-hybridized carbons (Fsp3) is 0.636. The Morgan fingerprint density at radius 1 is 1.22 bits per heavy atom. The summed E-state index contributed by atoms with van der Waals surface area (Å²) in [6.45, 7) is 4.96. The molecule has 0 aliphatic heterocycles. The van der Waals surface area contributed by atoms with Crippen molar-refractivity contribution < 1.29 is 8.42 Å². The van der Waals surface area contributed by atoms with Gasteiger partial charge >= 0.3 is 0 Å². The molecule has 0 saturated heterocycles. The van der Waals surface area contributed by atoms with Crippen LogP contribution in [0.3, 0.4) is 0 Å². The molecular formula is C11H20N4O2S. The molecular weight excluding hydrogens is 252 g/mol. The number of nitrogens with zero attached hydrogens (tertiary/aromatic N) is 2. The molecule has 2 N–H and O–H groups in total. The lowest BCUT2D eigenvalue weighted by molar-refractivity contribution is 0.561. The van der Waals surface area contributed by atoms with Crippen LogP contribution in [0, 0.1) is 0 Å². The van der Waals surface area contributed by atoms with Gasteiger partial charge in [-0.25, -0.2) is 18.4 Å². The van der Waals surface area contributed by atoms with Crippen LogP contribution in [0.15, 0.2) is 18.7 Å². The Bertz CT molecular complexity index is 434. The van der Waals surface area contributed by atoms with Crippen LogP contribution in [0.25, 0.3) is 0 Å². The van der Waals surface area contributed by atoms with E-state index in [1.807, 2.05) is 0 Å². The zero-order chi connectivity index (χ0) is 13.4. The van der Waals surface area contributed by atoms with E-state index < -0.39 is 10.0 Å². The molecule has 1 aromatic rings. The zero-order valence-corrected chi connectivity index (χ0v) is 11.6. The lowest BCUT2D eigenvalue weighted by atomic mass is 10.3. The van der Waals surface area contributed by atoms with Crippen LogP contribution in [0.4, 0.5) is 5.69 Å². The van der Waals surface area contributed by atoms with Gasteiger partial charge in [-0.15, -0.1) is 0 Å². The smallest absolute Gasteiger partial charge is 0.232 e. The maximum absolute atomic E-state index is 11.7. The van der Waals surface area contributed by atoms with E-state index >= 15 is 0 Å². The van der Waals surface area contributed by atoms with Crippen LogP contribution >= 0.6 is 0 Å². The number of anilines is 1. The minimum absolute atomic E-state index is 0.113. The average molecular weight is 272 g/mol. The van der Waals surface area contributed by atoms with Crippen molar-refractivity contribution in [3.8, 4) is 0 Å². The summed E-state index contributed by atoms with van der Waals surface area (Å²) in [5.74, 6) is 0.113. The van der Waals surface area contributed by atoms with E-state index in [-0.39, 0.29) is 5.75 Å². The fourth-order valence-corrected chi connectivity index (χ4v) is 2.54. The van der Waals surface area contributed by atoms with Gasteiger partial charge in [0.2, 0.25) is 10.0 Å². The maximum atomic E-state index is 11.7. The number of hydrogen-bond donors (Lipinski definition) is 2. The number of aromatic nitrogens is 2. The normalized spacial score (nSPS) is 11.7. The molecule has 0 fully saturated rings. The first-order valence-electron chi connectivity index (χ1n) is 5.98. The second kappa shape index (κ2) is 7.27. The quantitative estimate of drug-likeness (QED) is 0.690. The summed E-state index contributed by atoms with van der Waals surface area (Å²) in [6.07, 6.45) is 5.69. The Balaban J connectivity index is 2.28. The van der Waals surface area contributed by atoms with Crippen LogP contribution in [0.2, 0.25) is 0 Å². The Morgan fingerprint density at radius 2 is 1.89 bits per heavy atom. The minimum atomic E-state index is -3.29. The number of unbranched alkanes of at least 4 members (excludes halogenated alkanes) is 1. The molecule has 1 rings (SSSR count). The molecule has 0 aliphatic carbocycles. The number of nitrogens with one attached hydrogen (secondary N) is 2. The standard InChI is InChI=1S/C11H20N4O2S/c1-10(2)14-5-3-4-6-18(16,17)15-11-7-12-9-13-8-11/h7-10,14-15H,3-6H2,1-2H3. The summed E-state index contributed by atoms with van der Waals surface area (Å²) >= 11 is 0. The molecule has 1 heterocycles. The molecule has 102 valence electrons. The number of rotatable bonds is 8. The van der Waals surface area contributed by atoms with Crippen LogP contribution in [-0.2, 0) is 10.0 Å².